The molecule has 0 bridgehead atoms. The zero-order chi connectivity index (χ0) is 32.0. The van der Waals surface area contributed by atoms with Gasteiger partial charge in [-0.1, -0.05) is 51.6 Å². The summed E-state index contributed by atoms with van der Waals surface area (Å²) in [6, 6.07) is 8.20. The Kier molecular flexibility index (Phi) is 7.70. The largest absolute Gasteiger partial charge is 0.385 e. The third-order valence-corrected chi connectivity index (χ3v) is 12.9. The van der Waals surface area contributed by atoms with Crippen LogP contribution in [-0.2, 0) is 9.47 Å². The van der Waals surface area contributed by atoms with Gasteiger partial charge in [-0.15, -0.1) is 11.8 Å². The van der Waals surface area contributed by atoms with E-state index in [0.29, 0.717) is 63.9 Å². The Bertz CT molecular complexity index is 1350. The molecule has 8 heteroatoms. The summed E-state index contributed by atoms with van der Waals surface area (Å²) in [5, 5.41) is 24.7. The molecule has 1 heterocycles. The van der Waals surface area contributed by atoms with Crippen LogP contribution in [0.2, 0.25) is 0 Å². The topological polar surface area (TPSA) is 58.9 Å². The average Bonchev–Trinajstić information content (AvgIpc) is 3.28. The van der Waals surface area contributed by atoms with E-state index in [1.165, 1.54) is 0 Å². The van der Waals surface area contributed by atoms with Crippen molar-refractivity contribution in [3.63, 3.8) is 0 Å². The van der Waals surface area contributed by atoms with E-state index in [1.54, 1.807) is 18.7 Å². The fourth-order valence-electron chi connectivity index (χ4n) is 9.72. The fraction of sp³-hybridized carbons (Fsp3) is 0.667. The van der Waals surface area contributed by atoms with Gasteiger partial charge in [-0.3, -0.25) is 0 Å². The molecule has 0 radical (unpaired) electrons. The molecular weight excluding hydrogens is 585 g/mol. The van der Waals surface area contributed by atoms with Crippen LogP contribution in [0, 0.1) is 22.7 Å². The number of allylic oxidation sites excluding steroid dienone is 2. The first-order chi connectivity index (χ1) is 20.5. The van der Waals surface area contributed by atoms with Crippen molar-refractivity contribution in [2.24, 2.45) is 22.7 Å². The lowest BCUT2D eigenvalue weighted by molar-refractivity contribution is -0.322. The Balaban J connectivity index is 1.47. The molecule has 1 saturated heterocycles. The third-order valence-electron chi connectivity index (χ3n) is 12.2. The lowest BCUT2D eigenvalue weighted by Crippen LogP contribution is -2.67. The summed E-state index contributed by atoms with van der Waals surface area (Å²) < 4.78 is 60.2. The van der Waals surface area contributed by atoms with Gasteiger partial charge in [0.1, 0.15) is 5.60 Å². The normalized spacial score (nSPS) is 39.2. The Morgan fingerprint density at radius 2 is 1.61 bits per heavy atom. The SMILES string of the molecule is C=CC(F)(F)C(F)(C=C)[C@]1(O)CCC2C3CC[C@@]4(O)CC5(CCC4=C3[C@@H](c3ccc(SC)cc3)CC21C)OCC(C)(C)CO5. The summed E-state index contributed by atoms with van der Waals surface area (Å²) in [4.78, 5) is 1.09. The number of alkyl halides is 3. The molecule has 4 aliphatic carbocycles. The van der Waals surface area contributed by atoms with Crippen LogP contribution in [0.15, 0.2) is 65.6 Å². The summed E-state index contributed by atoms with van der Waals surface area (Å²) in [7, 11) is 0. The Labute approximate surface area is 264 Å². The van der Waals surface area contributed by atoms with Gasteiger partial charge in [0.25, 0.3) is 0 Å². The van der Waals surface area contributed by atoms with Crippen LogP contribution in [0.5, 0.6) is 0 Å². The van der Waals surface area contributed by atoms with Crippen LogP contribution >= 0.6 is 11.8 Å². The number of thioether (sulfide) groups is 1. The number of fused-ring (bicyclic) bond motifs is 4. The molecule has 2 N–H and O–H groups in total. The van der Waals surface area contributed by atoms with Crippen molar-refractivity contribution in [2.75, 3.05) is 19.5 Å². The highest BCUT2D eigenvalue weighted by molar-refractivity contribution is 7.98. The van der Waals surface area contributed by atoms with Gasteiger partial charge in [0.2, 0.25) is 5.67 Å². The van der Waals surface area contributed by atoms with Crippen molar-refractivity contribution < 1.29 is 32.9 Å². The van der Waals surface area contributed by atoms with Gasteiger partial charge >= 0.3 is 5.92 Å². The second-order valence-corrected chi connectivity index (χ2v) is 16.0. The average molecular weight is 633 g/mol. The van der Waals surface area contributed by atoms with Crippen molar-refractivity contribution in [1.29, 1.82) is 0 Å². The highest BCUT2D eigenvalue weighted by Crippen LogP contribution is 2.71. The van der Waals surface area contributed by atoms with Crippen molar-refractivity contribution in [3.8, 4) is 0 Å². The molecular formula is C36H47F3O4S. The van der Waals surface area contributed by atoms with Gasteiger partial charge in [-0.05, 0) is 92.0 Å². The molecule has 4 fully saturated rings. The molecule has 7 atom stereocenters. The zero-order valence-corrected chi connectivity index (χ0v) is 27.3. The predicted molar refractivity (Wildman–Crippen MR) is 168 cm³/mol. The van der Waals surface area contributed by atoms with Crippen LogP contribution in [0.3, 0.4) is 0 Å². The van der Waals surface area contributed by atoms with Gasteiger partial charge in [0.15, 0.2) is 5.79 Å². The number of hydrogen-bond acceptors (Lipinski definition) is 5. The summed E-state index contributed by atoms with van der Waals surface area (Å²) in [6.45, 7) is 13.8. The van der Waals surface area contributed by atoms with Crippen molar-refractivity contribution in [1.82, 2.24) is 0 Å². The fourth-order valence-corrected chi connectivity index (χ4v) is 10.1. The minimum atomic E-state index is -4.01. The smallest absolute Gasteiger partial charge is 0.305 e. The highest BCUT2D eigenvalue weighted by Gasteiger charge is 2.75. The van der Waals surface area contributed by atoms with Crippen molar-refractivity contribution in [3.05, 3.63) is 66.3 Å². The van der Waals surface area contributed by atoms with E-state index in [2.05, 4.69) is 39.1 Å². The van der Waals surface area contributed by atoms with Crippen LogP contribution in [0.25, 0.3) is 0 Å². The summed E-state index contributed by atoms with van der Waals surface area (Å²) in [5.41, 5.74) is -5.02. The third kappa shape index (κ3) is 4.48. The van der Waals surface area contributed by atoms with Crippen LogP contribution in [0.1, 0.15) is 83.6 Å². The molecule has 44 heavy (non-hydrogen) atoms. The maximum atomic E-state index is 16.8. The molecule has 3 saturated carbocycles. The molecule has 4 nitrogen and oxygen atoms in total. The number of hydrogen-bond donors (Lipinski definition) is 2. The molecule has 1 aromatic carbocycles. The van der Waals surface area contributed by atoms with E-state index in [-0.39, 0.29) is 36.0 Å². The highest BCUT2D eigenvalue weighted by atomic mass is 32.2. The summed E-state index contributed by atoms with van der Waals surface area (Å²) >= 11 is 1.63. The van der Waals surface area contributed by atoms with E-state index >= 15 is 13.2 Å². The molecule has 6 rings (SSSR count). The number of benzene rings is 1. The van der Waals surface area contributed by atoms with Crippen molar-refractivity contribution >= 4 is 11.8 Å². The van der Waals surface area contributed by atoms with Gasteiger partial charge in [0, 0.05) is 34.5 Å². The maximum Gasteiger partial charge on any atom is 0.305 e. The maximum absolute atomic E-state index is 16.8. The second-order valence-electron chi connectivity index (χ2n) is 15.1. The minimum absolute atomic E-state index is 0.0872. The number of halogens is 3. The number of rotatable bonds is 6. The molecule has 0 amide bonds. The van der Waals surface area contributed by atoms with E-state index in [4.69, 9.17) is 9.47 Å². The lowest BCUT2D eigenvalue weighted by Gasteiger charge is -2.60. The predicted octanol–water partition coefficient (Wildman–Crippen LogP) is 8.15. The monoisotopic (exact) mass is 632 g/mol. The van der Waals surface area contributed by atoms with Crippen LogP contribution < -0.4 is 0 Å². The molecule has 1 aliphatic heterocycles. The summed E-state index contributed by atoms with van der Waals surface area (Å²) in [5.74, 6) is -5.45. The first-order valence-corrected chi connectivity index (χ1v) is 17.2. The molecule has 0 aromatic heterocycles. The van der Waals surface area contributed by atoms with Crippen LogP contribution in [-0.4, -0.2) is 58.3 Å². The second kappa shape index (κ2) is 10.5. The van der Waals surface area contributed by atoms with Crippen LogP contribution in [0.4, 0.5) is 13.2 Å². The lowest BCUT2D eigenvalue weighted by atomic mass is 9.48. The van der Waals surface area contributed by atoms with E-state index in [1.807, 2.05) is 18.4 Å². The Hall–Kier alpha value is -1.58. The van der Waals surface area contributed by atoms with E-state index in [0.717, 1.165) is 21.6 Å². The minimum Gasteiger partial charge on any atom is -0.385 e. The Morgan fingerprint density at radius 3 is 2.20 bits per heavy atom. The van der Waals surface area contributed by atoms with E-state index < -0.39 is 34.0 Å². The molecule has 1 aromatic rings. The standard InChI is InChI=1S/C36H47F3O4S/c1-7-34(37,36(38,39)8-2)35(41)18-15-27-25-13-16-32(40)20-33(42-21-30(3,4)22-43-33)17-14-28(32)29(25)26(19-31(27,35)5)23-9-11-24(44-6)12-10-23/h7-12,25-27,40-41H,1-2,13-22H2,3-6H3/t25?,26-,27?,31?,32-,34?,35+/m1/s1. The molecule has 242 valence electrons. The van der Waals surface area contributed by atoms with Crippen molar-refractivity contribution in [2.45, 2.75) is 112 Å². The number of ether oxygens (including phenoxy) is 2. The van der Waals surface area contributed by atoms with Gasteiger partial charge < -0.3 is 19.7 Å². The van der Waals surface area contributed by atoms with Gasteiger partial charge in [-0.25, -0.2) is 4.39 Å². The molecule has 5 aliphatic rings. The molecule has 1 spiro atoms. The van der Waals surface area contributed by atoms with Gasteiger partial charge in [0.05, 0.1) is 18.8 Å². The molecule has 4 unspecified atom stereocenters. The quantitative estimate of drug-likeness (QED) is 0.245. The van der Waals surface area contributed by atoms with Gasteiger partial charge in [-0.2, -0.15) is 8.78 Å². The van der Waals surface area contributed by atoms with E-state index in [9.17, 15) is 10.2 Å². The zero-order valence-electron chi connectivity index (χ0n) is 26.4. The first-order valence-electron chi connectivity index (χ1n) is 16.0. The Morgan fingerprint density at radius 1 is 0.955 bits per heavy atom. The first kappa shape index (κ1) is 32.4. The number of aliphatic hydroxyl groups is 2. The summed E-state index contributed by atoms with van der Waals surface area (Å²) in [6.07, 6.45) is 6.13.